The fourth-order valence-electron chi connectivity index (χ4n) is 2.91. The van der Waals surface area contributed by atoms with E-state index in [9.17, 15) is 9.90 Å². The number of hydrogen-bond donors (Lipinski definition) is 1. The molecule has 4 nitrogen and oxygen atoms in total. The predicted octanol–water partition coefficient (Wildman–Crippen LogP) is 1.14. The van der Waals surface area contributed by atoms with Gasteiger partial charge in [-0.3, -0.25) is 4.79 Å². The molecule has 96 valence electrons. The van der Waals surface area contributed by atoms with Gasteiger partial charge >= 0.3 is 0 Å². The van der Waals surface area contributed by atoms with Crippen molar-refractivity contribution in [1.29, 1.82) is 0 Å². The third-order valence-electron chi connectivity index (χ3n) is 4.02. The molecule has 1 atom stereocenters. The highest BCUT2D eigenvalue weighted by Gasteiger charge is 2.41. The van der Waals surface area contributed by atoms with E-state index >= 15 is 0 Å². The quantitative estimate of drug-likeness (QED) is 0.743. The lowest BCUT2D eigenvalue weighted by Crippen LogP contribution is -2.44. The van der Waals surface area contributed by atoms with E-state index in [2.05, 4.69) is 6.08 Å². The minimum absolute atomic E-state index is 0.304. The smallest absolute Gasteiger partial charge is 0.166 e. The van der Waals surface area contributed by atoms with Crippen molar-refractivity contribution in [3.05, 3.63) is 34.7 Å². The number of nitrogens with zero attached hydrogens (tertiary/aromatic N) is 1. The van der Waals surface area contributed by atoms with Crippen LogP contribution in [0.4, 0.5) is 0 Å². The van der Waals surface area contributed by atoms with Crippen LogP contribution in [0.2, 0.25) is 0 Å². The highest BCUT2D eigenvalue weighted by atomic mass is 16.5. The molecule has 3 heterocycles. The van der Waals surface area contributed by atoms with Crippen LogP contribution in [-0.4, -0.2) is 41.7 Å². The van der Waals surface area contributed by atoms with Crippen molar-refractivity contribution < 1.29 is 14.6 Å². The Balaban J connectivity index is 2.15. The molecule has 1 N–H and O–H groups in total. The first-order valence-electron chi connectivity index (χ1n) is 6.38. The first-order chi connectivity index (χ1) is 8.69. The van der Waals surface area contributed by atoms with Gasteiger partial charge in [0, 0.05) is 17.8 Å². The lowest BCUT2D eigenvalue weighted by Gasteiger charge is -2.40. The molecule has 0 aromatic heterocycles. The van der Waals surface area contributed by atoms with Gasteiger partial charge in [0.2, 0.25) is 0 Å². The van der Waals surface area contributed by atoms with E-state index in [1.54, 1.807) is 0 Å². The molecule has 0 amide bonds. The van der Waals surface area contributed by atoms with E-state index in [-0.39, 0.29) is 0 Å². The standard InChI is InChI=1S/C14H17NO3/c1-2-14(17)9-18-8-11-12(14)6-10-4-3-5-15(10)13(11)7-16/h4,6-7,17H,2-3,5,8-9H2,1H3. The van der Waals surface area contributed by atoms with Crippen LogP contribution in [0.25, 0.3) is 0 Å². The molecule has 3 aliphatic heterocycles. The van der Waals surface area contributed by atoms with Gasteiger partial charge in [-0.25, -0.2) is 0 Å². The summed E-state index contributed by atoms with van der Waals surface area (Å²) >= 11 is 0. The minimum Gasteiger partial charge on any atom is -0.383 e. The summed E-state index contributed by atoms with van der Waals surface area (Å²) in [5.74, 6) is 0. The molecule has 1 fully saturated rings. The Bertz CT molecular complexity index is 489. The first-order valence-corrected chi connectivity index (χ1v) is 6.38. The van der Waals surface area contributed by atoms with Gasteiger partial charge in [0.15, 0.2) is 6.29 Å². The number of ether oxygens (including phenoxy) is 1. The number of aldehydes is 1. The average molecular weight is 247 g/mol. The molecule has 0 aromatic rings. The molecular formula is C14H17NO3. The second-order valence-corrected chi connectivity index (χ2v) is 4.99. The van der Waals surface area contributed by atoms with Crippen molar-refractivity contribution >= 4 is 6.29 Å². The first kappa shape index (κ1) is 11.7. The van der Waals surface area contributed by atoms with Gasteiger partial charge in [-0.15, -0.1) is 0 Å². The Morgan fingerprint density at radius 1 is 1.61 bits per heavy atom. The minimum atomic E-state index is -0.961. The summed E-state index contributed by atoms with van der Waals surface area (Å²) < 4.78 is 5.47. The molecule has 0 saturated carbocycles. The Morgan fingerprint density at radius 2 is 2.44 bits per heavy atom. The van der Waals surface area contributed by atoms with Gasteiger partial charge in [0.1, 0.15) is 5.60 Å². The topological polar surface area (TPSA) is 49.8 Å². The van der Waals surface area contributed by atoms with Crippen LogP contribution in [-0.2, 0) is 9.53 Å². The van der Waals surface area contributed by atoms with Crippen LogP contribution in [0, 0.1) is 0 Å². The average Bonchev–Trinajstić information content (AvgIpc) is 2.85. The number of allylic oxidation sites excluding steroid dienone is 2. The summed E-state index contributed by atoms with van der Waals surface area (Å²) in [5, 5.41) is 10.6. The van der Waals surface area contributed by atoms with Crippen molar-refractivity contribution in [2.24, 2.45) is 0 Å². The second-order valence-electron chi connectivity index (χ2n) is 4.99. The van der Waals surface area contributed by atoms with Gasteiger partial charge < -0.3 is 14.7 Å². The Morgan fingerprint density at radius 3 is 3.17 bits per heavy atom. The van der Waals surface area contributed by atoms with Crippen LogP contribution in [0.15, 0.2) is 34.7 Å². The lowest BCUT2D eigenvalue weighted by molar-refractivity contribution is -0.106. The van der Waals surface area contributed by atoms with E-state index in [1.807, 2.05) is 17.9 Å². The maximum absolute atomic E-state index is 11.4. The monoisotopic (exact) mass is 247 g/mol. The molecule has 3 rings (SSSR count). The number of carbonyl (C=O) groups is 1. The second kappa shape index (κ2) is 4.07. The highest BCUT2D eigenvalue weighted by Crippen LogP contribution is 2.40. The normalized spacial score (nSPS) is 30.7. The summed E-state index contributed by atoms with van der Waals surface area (Å²) in [6.07, 6.45) is 6.53. The third kappa shape index (κ3) is 1.49. The molecule has 3 aliphatic rings. The maximum atomic E-state index is 11.4. The zero-order valence-corrected chi connectivity index (χ0v) is 10.5. The SMILES string of the molecule is CCC1(O)COCC2=C(C=O)N3CCC=C3C=C21. The van der Waals surface area contributed by atoms with Crippen LogP contribution >= 0.6 is 0 Å². The van der Waals surface area contributed by atoms with E-state index in [4.69, 9.17) is 4.74 Å². The Hall–Kier alpha value is -1.39. The number of fused-ring (bicyclic) bond motifs is 2. The van der Waals surface area contributed by atoms with Crippen molar-refractivity contribution in [1.82, 2.24) is 4.90 Å². The predicted molar refractivity (Wildman–Crippen MR) is 66.6 cm³/mol. The maximum Gasteiger partial charge on any atom is 0.166 e. The van der Waals surface area contributed by atoms with Crippen molar-refractivity contribution in [2.45, 2.75) is 25.4 Å². The molecule has 18 heavy (non-hydrogen) atoms. The van der Waals surface area contributed by atoms with Crippen LogP contribution in [0.5, 0.6) is 0 Å². The van der Waals surface area contributed by atoms with Gasteiger partial charge in [-0.1, -0.05) is 13.0 Å². The summed E-state index contributed by atoms with van der Waals surface area (Å²) in [6.45, 7) is 3.48. The van der Waals surface area contributed by atoms with E-state index in [1.165, 1.54) is 0 Å². The summed E-state index contributed by atoms with van der Waals surface area (Å²) in [6, 6.07) is 0. The van der Waals surface area contributed by atoms with E-state index < -0.39 is 5.60 Å². The van der Waals surface area contributed by atoms with Crippen LogP contribution in [0.3, 0.4) is 0 Å². The van der Waals surface area contributed by atoms with Crippen molar-refractivity contribution in [3.63, 3.8) is 0 Å². The van der Waals surface area contributed by atoms with Gasteiger partial charge in [0.05, 0.1) is 18.9 Å². The largest absolute Gasteiger partial charge is 0.383 e. The molecule has 0 spiro atoms. The van der Waals surface area contributed by atoms with Crippen molar-refractivity contribution in [3.8, 4) is 0 Å². The lowest BCUT2D eigenvalue weighted by atomic mass is 9.81. The number of aliphatic hydroxyl groups is 1. The zero-order valence-electron chi connectivity index (χ0n) is 10.5. The Labute approximate surface area is 106 Å². The number of rotatable bonds is 2. The van der Waals surface area contributed by atoms with E-state index in [0.29, 0.717) is 25.3 Å². The van der Waals surface area contributed by atoms with Gasteiger partial charge in [0.25, 0.3) is 0 Å². The summed E-state index contributed by atoms with van der Waals surface area (Å²) in [4.78, 5) is 13.4. The summed E-state index contributed by atoms with van der Waals surface area (Å²) in [5.41, 5.74) is 2.44. The summed E-state index contributed by atoms with van der Waals surface area (Å²) in [7, 11) is 0. The fraction of sp³-hybridized carbons (Fsp3) is 0.500. The molecule has 0 radical (unpaired) electrons. The number of carbonyl (C=O) groups excluding carboxylic acids is 1. The fourth-order valence-corrected chi connectivity index (χ4v) is 2.91. The molecular weight excluding hydrogens is 230 g/mol. The molecule has 1 saturated heterocycles. The van der Waals surface area contributed by atoms with Crippen molar-refractivity contribution in [2.75, 3.05) is 19.8 Å². The third-order valence-corrected chi connectivity index (χ3v) is 4.02. The zero-order chi connectivity index (χ0) is 12.8. The molecule has 1 unspecified atom stereocenters. The molecule has 0 aliphatic carbocycles. The highest BCUT2D eigenvalue weighted by molar-refractivity contribution is 5.79. The Kier molecular flexibility index (Phi) is 2.64. The van der Waals surface area contributed by atoms with Gasteiger partial charge in [-0.2, -0.15) is 0 Å². The molecule has 0 bridgehead atoms. The van der Waals surface area contributed by atoms with Gasteiger partial charge in [-0.05, 0) is 24.5 Å². The van der Waals surface area contributed by atoms with Crippen LogP contribution < -0.4 is 0 Å². The van der Waals surface area contributed by atoms with E-state index in [0.717, 1.165) is 36.1 Å². The van der Waals surface area contributed by atoms with Crippen LogP contribution in [0.1, 0.15) is 19.8 Å². The molecule has 4 heteroatoms. The number of hydrogen-bond acceptors (Lipinski definition) is 4. The molecule has 0 aromatic carbocycles.